The summed E-state index contributed by atoms with van der Waals surface area (Å²) in [7, 11) is 0. The molecule has 1 aromatic carbocycles. The minimum atomic E-state index is 0.957. The molecule has 3 aromatic rings. The number of aromatic nitrogens is 2. The fraction of sp³-hybridized carbons (Fsp3) is 0.188. The lowest BCUT2D eigenvalue weighted by Gasteiger charge is -2.11. The lowest BCUT2D eigenvalue weighted by Crippen LogP contribution is -1.97. The summed E-state index contributed by atoms with van der Waals surface area (Å²) in [5.74, 6) is 0. The van der Waals surface area contributed by atoms with Crippen molar-refractivity contribution in [3.63, 3.8) is 0 Å². The lowest BCUT2D eigenvalue weighted by atomic mass is 9.98. The van der Waals surface area contributed by atoms with Crippen LogP contribution in [0.1, 0.15) is 17.5 Å². The van der Waals surface area contributed by atoms with Crippen LogP contribution in [0.15, 0.2) is 43.0 Å². The number of nitrogen functional groups attached to an aromatic ring is 1. The Morgan fingerprint density at radius 2 is 2.11 bits per heavy atom. The van der Waals surface area contributed by atoms with Gasteiger partial charge in [0.05, 0.1) is 18.0 Å². The molecule has 0 bridgehead atoms. The summed E-state index contributed by atoms with van der Waals surface area (Å²) in [5, 5.41) is 0. The Bertz CT molecular complexity index is 771. The summed E-state index contributed by atoms with van der Waals surface area (Å²) >= 11 is 0. The summed E-state index contributed by atoms with van der Waals surface area (Å²) in [5.41, 5.74) is 13.5. The van der Waals surface area contributed by atoms with E-state index in [0.29, 0.717) is 0 Å². The number of aryl methyl sites for hydroxylation is 1. The van der Waals surface area contributed by atoms with E-state index < -0.39 is 0 Å². The Hall–Kier alpha value is -2.29. The highest BCUT2D eigenvalue weighted by molar-refractivity contribution is 5.81. The molecule has 0 saturated heterocycles. The number of benzene rings is 1. The average molecular weight is 249 g/mol. The molecule has 94 valence electrons. The van der Waals surface area contributed by atoms with Gasteiger partial charge in [0.25, 0.3) is 0 Å². The van der Waals surface area contributed by atoms with Gasteiger partial charge < -0.3 is 10.1 Å². The van der Waals surface area contributed by atoms with Crippen molar-refractivity contribution in [2.45, 2.75) is 19.3 Å². The second-order valence-electron chi connectivity index (χ2n) is 5.16. The number of nitrogens with zero attached hydrogens (tertiary/aromatic N) is 2. The first-order valence-corrected chi connectivity index (χ1v) is 6.65. The van der Waals surface area contributed by atoms with Gasteiger partial charge in [0.15, 0.2) is 0 Å². The summed E-state index contributed by atoms with van der Waals surface area (Å²) < 4.78 is 2.01. The van der Waals surface area contributed by atoms with E-state index in [4.69, 9.17) is 5.73 Å². The maximum atomic E-state index is 6.36. The summed E-state index contributed by atoms with van der Waals surface area (Å²) in [6, 6.07) is 8.62. The van der Waals surface area contributed by atoms with Gasteiger partial charge in [-0.25, -0.2) is 4.98 Å². The van der Waals surface area contributed by atoms with Crippen molar-refractivity contribution in [1.29, 1.82) is 0 Å². The highest BCUT2D eigenvalue weighted by Gasteiger charge is 2.16. The predicted molar refractivity (Wildman–Crippen MR) is 77.1 cm³/mol. The van der Waals surface area contributed by atoms with Crippen LogP contribution in [0.3, 0.4) is 0 Å². The molecule has 2 N–H and O–H groups in total. The SMILES string of the molecule is Nc1c(-c2ccn3cncc3c2)ccc2c1CCC2. The molecule has 2 aromatic heterocycles. The summed E-state index contributed by atoms with van der Waals surface area (Å²) in [6.07, 6.45) is 9.22. The zero-order valence-corrected chi connectivity index (χ0v) is 10.6. The fourth-order valence-electron chi connectivity index (χ4n) is 3.03. The zero-order chi connectivity index (χ0) is 12.8. The van der Waals surface area contributed by atoms with Gasteiger partial charge >= 0.3 is 0 Å². The van der Waals surface area contributed by atoms with Crippen molar-refractivity contribution in [2.24, 2.45) is 0 Å². The van der Waals surface area contributed by atoms with Crippen LogP contribution < -0.4 is 5.73 Å². The van der Waals surface area contributed by atoms with Gasteiger partial charge in [0, 0.05) is 17.4 Å². The Balaban J connectivity index is 1.92. The van der Waals surface area contributed by atoms with Crippen LogP contribution in [0, 0.1) is 0 Å². The molecule has 0 fully saturated rings. The third kappa shape index (κ3) is 1.55. The third-order valence-electron chi connectivity index (χ3n) is 4.05. The van der Waals surface area contributed by atoms with E-state index in [9.17, 15) is 0 Å². The molecule has 3 heteroatoms. The Morgan fingerprint density at radius 3 is 3.05 bits per heavy atom. The van der Waals surface area contributed by atoms with E-state index in [2.05, 4.69) is 29.2 Å². The van der Waals surface area contributed by atoms with Crippen LogP contribution in [0.25, 0.3) is 16.6 Å². The van der Waals surface area contributed by atoms with E-state index >= 15 is 0 Å². The van der Waals surface area contributed by atoms with Crippen LogP contribution in [0.4, 0.5) is 5.69 Å². The van der Waals surface area contributed by atoms with Crippen LogP contribution >= 0.6 is 0 Å². The molecule has 3 nitrogen and oxygen atoms in total. The van der Waals surface area contributed by atoms with E-state index in [1.165, 1.54) is 29.5 Å². The van der Waals surface area contributed by atoms with Gasteiger partial charge in [-0.05, 0) is 48.1 Å². The third-order valence-corrected chi connectivity index (χ3v) is 4.05. The van der Waals surface area contributed by atoms with Crippen molar-refractivity contribution in [3.8, 4) is 11.1 Å². The molecule has 0 spiro atoms. The van der Waals surface area contributed by atoms with Crippen LogP contribution in [-0.4, -0.2) is 9.38 Å². The Labute approximate surface area is 111 Å². The normalized spacial score (nSPS) is 13.9. The number of hydrogen-bond acceptors (Lipinski definition) is 2. The summed E-state index contributed by atoms with van der Waals surface area (Å²) in [4.78, 5) is 4.15. The van der Waals surface area contributed by atoms with Gasteiger partial charge in [-0.3, -0.25) is 0 Å². The molecule has 0 radical (unpaired) electrons. The molecule has 19 heavy (non-hydrogen) atoms. The molecule has 0 aliphatic heterocycles. The lowest BCUT2D eigenvalue weighted by molar-refractivity contribution is 0.912. The number of nitrogens with two attached hydrogens (primary N) is 1. The van der Waals surface area contributed by atoms with E-state index in [1.54, 1.807) is 0 Å². The Kier molecular flexibility index (Phi) is 2.15. The fourth-order valence-corrected chi connectivity index (χ4v) is 3.03. The molecule has 2 heterocycles. The van der Waals surface area contributed by atoms with E-state index in [1.807, 2.05) is 23.1 Å². The Morgan fingerprint density at radius 1 is 1.16 bits per heavy atom. The number of anilines is 1. The van der Waals surface area contributed by atoms with Crippen molar-refractivity contribution in [2.75, 3.05) is 5.73 Å². The minimum Gasteiger partial charge on any atom is -0.398 e. The first-order valence-electron chi connectivity index (χ1n) is 6.65. The molecule has 4 rings (SSSR count). The molecule has 0 saturated carbocycles. The molecule has 1 aliphatic rings. The number of hydrogen-bond donors (Lipinski definition) is 1. The van der Waals surface area contributed by atoms with Crippen LogP contribution in [0.5, 0.6) is 0 Å². The minimum absolute atomic E-state index is 0.957. The maximum absolute atomic E-state index is 6.36. The molecule has 1 aliphatic carbocycles. The topological polar surface area (TPSA) is 43.3 Å². The highest BCUT2D eigenvalue weighted by atomic mass is 15.0. The van der Waals surface area contributed by atoms with Gasteiger partial charge in [-0.2, -0.15) is 0 Å². The van der Waals surface area contributed by atoms with Crippen molar-refractivity contribution in [3.05, 3.63) is 54.1 Å². The molecule has 0 amide bonds. The number of pyridine rings is 1. The van der Waals surface area contributed by atoms with Crippen LogP contribution in [0.2, 0.25) is 0 Å². The second-order valence-corrected chi connectivity index (χ2v) is 5.16. The number of fused-ring (bicyclic) bond motifs is 2. The maximum Gasteiger partial charge on any atom is 0.0991 e. The smallest absolute Gasteiger partial charge is 0.0991 e. The number of imidazole rings is 1. The van der Waals surface area contributed by atoms with Gasteiger partial charge in [0.2, 0.25) is 0 Å². The van der Waals surface area contributed by atoms with E-state index in [0.717, 1.165) is 23.2 Å². The average Bonchev–Trinajstić information content (AvgIpc) is 3.07. The van der Waals surface area contributed by atoms with E-state index in [-0.39, 0.29) is 0 Å². The zero-order valence-electron chi connectivity index (χ0n) is 10.6. The standard InChI is InChI=1S/C16H15N3/c17-16-14-3-1-2-11(14)4-5-15(16)12-6-7-19-10-18-9-13(19)8-12/h4-10H,1-3,17H2. The van der Waals surface area contributed by atoms with Gasteiger partial charge in [-0.15, -0.1) is 0 Å². The predicted octanol–water partition coefficient (Wildman–Crippen LogP) is 3.07. The quantitative estimate of drug-likeness (QED) is 0.673. The summed E-state index contributed by atoms with van der Waals surface area (Å²) in [6.45, 7) is 0. The van der Waals surface area contributed by atoms with Crippen LogP contribution in [-0.2, 0) is 12.8 Å². The first-order chi connectivity index (χ1) is 9.33. The van der Waals surface area contributed by atoms with Crippen molar-refractivity contribution < 1.29 is 0 Å². The molecule has 0 atom stereocenters. The largest absolute Gasteiger partial charge is 0.398 e. The van der Waals surface area contributed by atoms with Crippen molar-refractivity contribution in [1.82, 2.24) is 9.38 Å². The second kappa shape index (κ2) is 3.85. The van der Waals surface area contributed by atoms with Gasteiger partial charge in [-0.1, -0.05) is 12.1 Å². The number of rotatable bonds is 1. The first kappa shape index (κ1) is 10.6. The molecular formula is C16H15N3. The van der Waals surface area contributed by atoms with Gasteiger partial charge in [0.1, 0.15) is 0 Å². The monoisotopic (exact) mass is 249 g/mol. The molecule has 0 unspecified atom stereocenters. The highest BCUT2D eigenvalue weighted by Crippen LogP contribution is 2.35. The van der Waals surface area contributed by atoms with Crippen molar-refractivity contribution >= 4 is 11.2 Å². The molecular weight excluding hydrogens is 234 g/mol.